The number of hydrogen-bond acceptors (Lipinski definition) is 2. The molecule has 2 atom stereocenters. The highest BCUT2D eigenvalue weighted by molar-refractivity contribution is 6.20. The van der Waals surface area contributed by atoms with Gasteiger partial charge in [0.15, 0.2) is 0 Å². The third-order valence-corrected chi connectivity index (χ3v) is 4.55. The van der Waals surface area contributed by atoms with E-state index < -0.39 is 0 Å². The lowest BCUT2D eigenvalue weighted by Crippen LogP contribution is -2.30. The predicted octanol–water partition coefficient (Wildman–Crippen LogP) is 3.74. The summed E-state index contributed by atoms with van der Waals surface area (Å²) >= 11 is 6.34. The Morgan fingerprint density at radius 2 is 2.25 bits per heavy atom. The maximum atomic E-state index is 6.34. The van der Waals surface area contributed by atoms with Crippen LogP contribution >= 0.6 is 11.6 Å². The van der Waals surface area contributed by atoms with Crippen molar-refractivity contribution in [3.63, 3.8) is 0 Å². The first-order valence-corrected chi connectivity index (χ1v) is 7.81. The molecular formula is C16H22ClN3. The van der Waals surface area contributed by atoms with Gasteiger partial charge in [-0.3, -0.25) is 0 Å². The van der Waals surface area contributed by atoms with Gasteiger partial charge in [0, 0.05) is 12.6 Å². The Labute approximate surface area is 125 Å². The zero-order chi connectivity index (χ0) is 14.3. The monoisotopic (exact) mass is 291 g/mol. The van der Waals surface area contributed by atoms with Crippen LogP contribution in [0.4, 0.5) is 0 Å². The van der Waals surface area contributed by atoms with Gasteiger partial charge >= 0.3 is 0 Å². The molecule has 2 aromatic rings. The molecular weight excluding hydrogens is 270 g/mol. The molecule has 108 valence electrons. The number of aromatic nitrogens is 2. The second kappa shape index (κ2) is 5.38. The highest BCUT2D eigenvalue weighted by atomic mass is 35.5. The molecule has 0 amide bonds. The molecule has 2 unspecified atom stereocenters. The summed E-state index contributed by atoms with van der Waals surface area (Å²) in [6, 6.07) is 7.08. The van der Waals surface area contributed by atoms with Crippen LogP contribution in [-0.2, 0) is 6.54 Å². The van der Waals surface area contributed by atoms with Crippen molar-refractivity contribution >= 4 is 22.6 Å². The molecule has 3 nitrogen and oxygen atoms in total. The Kier molecular flexibility index (Phi) is 3.74. The van der Waals surface area contributed by atoms with Crippen molar-refractivity contribution in [1.29, 1.82) is 0 Å². The molecule has 0 N–H and O–H groups in total. The minimum atomic E-state index is -0.0607. The van der Waals surface area contributed by atoms with Crippen molar-refractivity contribution in [3.8, 4) is 0 Å². The quantitative estimate of drug-likeness (QED) is 0.803. The van der Waals surface area contributed by atoms with Crippen molar-refractivity contribution in [3.05, 3.63) is 29.6 Å². The summed E-state index contributed by atoms with van der Waals surface area (Å²) in [5.41, 5.74) is 3.51. The molecule has 1 aromatic carbocycles. The molecule has 1 aliphatic heterocycles. The van der Waals surface area contributed by atoms with Crippen LogP contribution in [0.3, 0.4) is 0 Å². The summed E-state index contributed by atoms with van der Waals surface area (Å²) in [5.74, 6) is 0.993. The summed E-state index contributed by atoms with van der Waals surface area (Å²) in [6.07, 6.45) is 2.55. The molecule has 3 rings (SSSR count). The van der Waals surface area contributed by atoms with Crippen molar-refractivity contribution in [1.82, 2.24) is 14.5 Å². The fraction of sp³-hybridized carbons (Fsp3) is 0.562. The van der Waals surface area contributed by atoms with Gasteiger partial charge in [-0.15, -0.1) is 11.6 Å². The maximum absolute atomic E-state index is 6.34. The van der Waals surface area contributed by atoms with Gasteiger partial charge in [-0.1, -0.05) is 6.07 Å². The van der Waals surface area contributed by atoms with E-state index in [1.54, 1.807) is 0 Å². The first kappa shape index (κ1) is 13.9. The van der Waals surface area contributed by atoms with E-state index in [0.717, 1.165) is 17.9 Å². The van der Waals surface area contributed by atoms with E-state index in [1.807, 2.05) is 6.92 Å². The lowest BCUT2D eigenvalue weighted by atomic mass is 10.2. The van der Waals surface area contributed by atoms with Crippen LogP contribution in [0, 0.1) is 6.92 Å². The molecule has 0 spiro atoms. The zero-order valence-electron chi connectivity index (χ0n) is 12.4. The van der Waals surface area contributed by atoms with E-state index in [1.165, 1.54) is 30.5 Å². The smallest absolute Gasteiger partial charge is 0.127 e. The number of nitrogens with zero attached hydrogens (tertiary/aromatic N) is 3. The van der Waals surface area contributed by atoms with Crippen LogP contribution in [0.1, 0.15) is 36.5 Å². The maximum Gasteiger partial charge on any atom is 0.127 e. The number of rotatable bonds is 3. The second-order valence-electron chi connectivity index (χ2n) is 5.97. The average molecular weight is 292 g/mol. The highest BCUT2D eigenvalue weighted by Gasteiger charge is 2.24. The molecule has 1 fully saturated rings. The largest absolute Gasteiger partial charge is 0.325 e. The van der Waals surface area contributed by atoms with E-state index in [0.29, 0.717) is 6.04 Å². The number of benzene rings is 1. The number of imidazole rings is 1. The van der Waals surface area contributed by atoms with Gasteiger partial charge in [-0.05, 0) is 58.0 Å². The Hall–Kier alpha value is -1.06. The first-order valence-electron chi connectivity index (χ1n) is 7.37. The first-order chi connectivity index (χ1) is 9.56. The van der Waals surface area contributed by atoms with Crippen molar-refractivity contribution in [2.45, 2.75) is 44.7 Å². The van der Waals surface area contributed by atoms with Gasteiger partial charge in [0.2, 0.25) is 0 Å². The number of aryl methyl sites for hydroxylation is 1. The molecule has 1 saturated heterocycles. The third kappa shape index (κ3) is 2.45. The lowest BCUT2D eigenvalue weighted by molar-refractivity contribution is 0.282. The minimum Gasteiger partial charge on any atom is -0.325 e. The van der Waals surface area contributed by atoms with Gasteiger partial charge in [0.25, 0.3) is 0 Å². The Bertz CT molecular complexity index is 617. The topological polar surface area (TPSA) is 21.1 Å². The van der Waals surface area contributed by atoms with Crippen LogP contribution in [0.25, 0.3) is 11.0 Å². The van der Waals surface area contributed by atoms with Crippen LogP contribution in [0.15, 0.2) is 18.2 Å². The summed E-state index contributed by atoms with van der Waals surface area (Å²) < 4.78 is 2.32. The number of hydrogen-bond donors (Lipinski definition) is 0. The van der Waals surface area contributed by atoms with E-state index in [-0.39, 0.29) is 5.38 Å². The third-order valence-electron chi connectivity index (χ3n) is 4.35. The molecule has 0 aliphatic carbocycles. The Morgan fingerprint density at radius 1 is 1.45 bits per heavy atom. The van der Waals surface area contributed by atoms with Gasteiger partial charge in [-0.2, -0.15) is 0 Å². The van der Waals surface area contributed by atoms with Gasteiger partial charge < -0.3 is 9.47 Å². The fourth-order valence-corrected chi connectivity index (χ4v) is 3.34. The molecule has 1 aromatic heterocycles. The van der Waals surface area contributed by atoms with Crippen LogP contribution in [0.2, 0.25) is 0 Å². The van der Waals surface area contributed by atoms with Crippen molar-refractivity contribution in [2.75, 3.05) is 13.6 Å². The van der Waals surface area contributed by atoms with E-state index in [9.17, 15) is 0 Å². The standard InChI is InChI=1S/C16H22ClN3/c1-11-6-7-15-14(9-11)18-16(12(2)17)20(15)10-13-5-4-8-19(13)3/h6-7,9,12-13H,4-5,8,10H2,1-3H3. The lowest BCUT2D eigenvalue weighted by Gasteiger charge is -2.22. The number of halogens is 1. The normalized spacial score (nSPS) is 21.7. The molecule has 0 bridgehead atoms. The van der Waals surface area contributed by atoms with Crippen LogP contribution in [-0.4, -0.2) is 34.1 Å². The van der Waals surface area contributed by atoms with Crippen molar-refractivity contribution in [2.24, 2.45) is 0 Å². The predicted molar refractivity (Wildman–Crippen MR) is 84.4 cm³/mol. The Balaban J connectivity index is 2.04. The fourth-order valence-electron chi connectivity index (χ4n) is 3.17. The van der Waals surface area contributed by atoms with E-state index in [2.05, 4.69) is 41.6 Å². The summed E-state index contributed by atoms with van der Waals surface area (Å²) in [5, 5.41) is -0.0607. The molecule has 0 saturated carbocycles. The molecule has 4 heteroatoms. The number of alkyl halides is 1. The minimum absolute atomic E-state index is 0.0607. The number of fused-ring (bicyclic) bond motifs is 1. The number of likely N-dealkylation sites (tertiary alicyclic amines) is 1. The summed E-state index contributed by atoms with van der Waals surface area (Å²) in [6.45, 7) is 6.29. The molecule has 0 radical (unpaired) electrons. The Morgan fingerprint density at radius 3 is 2.90 bits per heavy atom. The molecule has 20 heavy (non-hydrogen) atoms. The van der Waals surface area contributed by atoms with Gasteiger partial charge in [-0.25, -0.2) is 4.98 Å². The van der Waals surface area contributed by atoms with Crippen LogP contribution in [0.5, 0.6) is 0 Å². The van der Waals surface area contributed by atoms with Gasteiger partial charge in [0.1, 0.15) is 5.82 Å². The second-order valence-corrected chi connectivity index (χ2v) is 6.62. The van der Waals surface area contributed by atoms with Crippen molar-refractivity contribution < 1.29 is 0 Å². The van der Waals surface area contributed by atoms with Crippen LogP contribution < -0.4 is 0 Å². The zero-order valence-corrected chi connectivity index (χ0v) is 13.2. The van der Waals surface area contributed by atoms with Gasteiger partial charge in [0.05, 0.1) is 16.4 Å². The van der Waals surface area contributed by atoms with E-state index >= 15 is 0 Å². The highest BCUT2D eigenvalue weighted by Crippen LogP contribution is 2.27. The summed E-state index contributed by atoms with van der Waals surface area (Å²) in [7, 11) is 2.21. The average Bonchev–Trinajstić information content (AvgIpc) is 2.95. The molecule has 2 heterocycles. The molecule has 1 aliphatic rings. The summed E-state index contributed by atoms with van der Waals surface area (Å²) in [4.78, 5) is 7.20. The number of likely N-dealkylation sites (N-methyl/N-ethyl adjacent to an activating group) is 1. The SMILES string of the molecule is Cc1ccc2c(c1)nc(C(C)Cl)n2CC1CCCN1C. The van der Waals surface area contributed by atoms with E-state index in [4.69, 9.17) is 16.6 Å².